The van der Waals surface area contributed by atoms with Gasteiger partial charge in [0.15, 0.2) is 16.7 Å². The first-order valence-corrected chi connectivity index (χ1v) is 12.8. The van der Waals surface area contributed by atoms with Crippen LogP contribution in [-0.4, -0.2) is 36.2 Å². The van der Waals surface area contributed by atoms with Crippen LogP contribution in [0.4, 0.5) is 4.39 Å². The molecule has 0 saturated heterocycles. The van der Waals surface area contributed by atoms with E-state index >= 15 is 0 Å². The average molecular weight is 522 g/mol. The Hall–Kier alpha value is -3.85. The number of ether oxygens (including phenoxy) is 2. The Bertz CT molecular complexity index is 1460. The minimum Gasteiger partial charge on any atom is -0.493 e. The van der Waals surface area contributed by atoms with Crippen LogP contribution >= 0.6 is 11.8 Å². The molecule has 7 nitrogen and oxygen atoms in total. The molecule has 9 heteroatoms. The van der Waals surface area contributed by atoms with Gasteiger partial charge in [0.2, 0.25) is 5.91 Å². The summed E-state index contributed by atoms with van der Waals surface area (Å²) in [6, 6.07) is 19.1. The largest absolute Gasteiger partial charge is 0.493 e. The normalized spacial score (nSPS) is 10.9. The van der Waals surface area contributed by atoms with Crippen LogP contribution in [0.15, 0.2) is 76.7 Å². The predicted molar refractivity (Wildman–Crippen MR) is 143 cm³/mol. The second-order valence-electron chi connectivity index (χ2n) is 8.33. The van der Waals surface area contributed by atoms with Gasteiger partial charge >= 0.3 is 0 Å². The van der Waals surface area contributed by atoms with Gasteiger partial charge in [-0.15, -0.1) is 0 Å². The number of carbonyl (C=O) groups is 1. The number of amides is 1. The quantitative estimate of drug-likeness (QED) is 0.230. The Balaban J connectivity index is 1.42. The average Bonchev–Trinajstić information content (AvgIpc) is 2.91. The number of nitrogens with zero attached hydrogens (tertiary/aromatic N) is 2. The van der Waals surface area contributed by atoms with Crippen molar-refractivity contribution in [2.75, 3.05) is 20.8 Å². The summed E-state index contributed by atoms with van der Waals surface area (Å²) in [6.07, 6.45) is 0.748. The number of nitrogens with one attached hydrogen (secondary N) is 1. The molecule has 0 radical (unpaired) electrons. The third-order valence-corrected chi connectivity index (χ3v) is 6.88. The molecule has 0 aliphatic heterocycles. The number of benzene rings is 3. The summed E-state index contributed by atoms with van der Waals surface area (Å²) in [5.74, 6) is 1.25. The van der Waals surface area contributed by atoms with Crippen molar-refractivity contribution in [3.63, 3.8) is 0 Å². The molecule has 0 aliphatic carbocycles. The maximum Gasteiger partial charge on any atom is 0.262 e. The minimum atomic E-state index is -0.313. The molecule has 0 saturated carbocycles. The summed E-state index contributed by atoms with van der Waals surface area (Å²) in [5, 5.41) is 3.90. The summed E-state index contributed by atoms with van der Waals surface area (Å²) >= 11 is 1.34. The monoisotopic (exact) mass is 521 g/mol. The smallest absolute Gasteiger partial charge is 0.262 e. The first-order chi connectivity index (χ1) is 18.0. The molecule has 4 aromatic rings. The first-order valence-electron chi connectivity index (χ1n) is 11.8. The number of rotatable bonds is 11. The van der Waals surface area contributed by atoms with Gasteiger partial charge in [0.25, 0.3) is 5.56 Å². The highest BCUT2D eigenvalue weighted by Crippen LogP contribution is 2.27. The Morgan fingerprint density at radius 3 is 2.59 bits per heavy atom. The van der Waals surface area contributed by atoms with E-state index in [0.29, 0.717) is 46.3 Å². The van der Waals surface area contributed by atoms with Crippen LogP contribution in [0.2, 0.25) is 0 Å². The second kappa shape index (κ2) is 12.4. The van der Waals surface area contributed by atoms with E-state index in [2.05, 4.69) is 10.3 Å². The van der Waals surface area contributed by atoms with Crippen molar-refractivity contribution in [3.05, 3.63) is 94.0 Å². The molecule has 0 bridgehead atoms. The van der Waals surface area contributed by atoms with Gasteiger partial charge in [-0.2, -0.15) is 0 Å². The highest BCUT2D eigenvalue weighted by Gasteiger charge is 2.14. The fraction of sp³-hybridized carbons (Fsp3) is 0.250. The number of hydrogen-bond donors (Lipinski definition) is 1. The fourth-order valence-corrected chi connectivity index (χ4v) is 4.88. The van der Waals surface area contributed by atoms with Crippen molar-refractivity contribution in [2.24, 2.45) is 0 Å². The van der Waals surface area contributed by atoms with Crippen LogP contribution in [0.1, 0.15) is 17.5 Å². The summed E-state index contributed by atoms with van der Waals surface area (Å²) < 4.78 is 25.7. The third kappa shape index (κ3) is 6.68. The zero-order chi connectivity index (χ0) is 26.2. The SMILES string of the molecule is COc1ccc(CCNC(=O)CCn2c(SCc3cccc(F)c3)nc3ccccc3c2=O)cc1OC. The highest BCUT2D eigenvalue weighted by molar-refractivity contribution is 7.98. The molecule has 1 amide bonds. The molecule has 0 unspecified atom stereocenters. The number of para-hydroxylation sites is 1. The zero-order valence-corrected chi connectivity index (χ0v) is 21.5. The van der Waals surface area contributed by atoms with Gasteiger partial charge in [0.05, 0.1) is 25.1 Å². The van der Waals surface area contributed by atoms with Crippen LogP contribution in [0.3, 0.4) is 0 Å². The van der Waals surface area contributed by atoms with E-state index in [1.54, 1.807) is 38.5 Å². The van der Waals surface area contributed by atoms with Gasteiger partial charge in [-0.3, -0.25) is 14.2 Å². The van der Waals surface area contributed by atoms with Crippen molar-refractivity contribution in [1.29, 1.82) is 0 Å². The molecule has 1 N–H and O–H groups in total. The molecule has 1 heterocycles. The number of thioether (sulfide) groups is 1. The number of methoxy groups -OCH3 is 2. The van der Waals surface area contributed by atoms with Crippen molar-refractivity contribution < 1.29 is 18.7 Å². The lowest BCUT2D eigenvalue weighted by Crippen LogP contribution is -2.30. The van der Waals surface area contributed by atoms with Crippen LogP contribution in [0.25, 0.3) is 10.9 Å². The van der Waals surface area contributed by atoms with E-state index in [9.17, 15) is 14.0 Å². The van der Waals surface area contributed by atoms with Crippen LogP contribution in [-0.2, 0) is 23.5 Å². The van der Waals surface area contributed by atoms with Crippen molar-refractivity contribution in [3.8, 4) is 11.5 Å². The molecule has 0 atom stereocenters. The fourth-order valence-electron chi connectivity index (χ4n) is 3.91. The summed E-state index contributed by atoms with van der Waals surface area (Å²) in [4.78, 5) is 30.5. The third-order valence-electron chi connectivity index (χ3n) is 5.83. The molecular formula is C28H28FN3O4S. The van der Waals surface area contributed by atoms with Gasteiger partial charge in [-0.25, -0.2) is 9.37 Å². The van der Waals surface area contributed by atoms with Crippen LogP contribution in [0.5, 0.6) is 11.5 Å². The number of aromatic nitrogens is 2. The molecule has 1 aromatic heterocycles. The molecule has 0 spiro atoms. The number of carbonyl (C=O) groups excluding carboxylic acids is 1. The maximum absolute atomic E-state index is 13.6. The van der Waals surface area contributed by atoms with Crippen molar-refractivity contribution in [2.45, 2.75) is 30.3 Å². The van der Waals surface area contributed by atoms with E-state index < -0.39 is 0 Å². The molecule has 0 fully saturated rings. The molecule has 0 aliphatic rings. The van der Waals surface area contributed by atoms with Crippen LogP contribution in [0, 0.1) is 5.82 Å². The lowest BCUT2D eigenvalue weighted by Gasteiger charge is -2.13. The molecule has 192 valence electrons. The molecule has 3 aromatic carbocycles. The minimum absolute atomic E-state index is 0.124. The number of halogens is 1. The second-order valence-corrected chi connectivity index (χ2v) is 9.27. The van der Waals surface area contributed by atoms with Gasteiger partial charge in [0, 0.05) is 25.3 Å². The van der Waals surface area contributed by atoms with E-state index in [4.69, 9.17) is 9.47 Å². The molecule has 4 rings (SSSR count). The number of fused-ring (bicyclic) bond motifs is 1. The predicted octanol–water partition coefficient (Wildman–Crippen LogP) is 4.59. The zero-order valence-electron chi connectivity index (χ0n) is 20.7. The maximum atomic E-state index is 13.6. The highest BCUT2D eigenvalue weighted by atomic mass is 32.2. The lowest BCUT2D eigenvalue weighted by atomic mass is 10.1. The summed E-state index contributed by atoms with van der Waals surface area (Å²) in [5.41, 5.74) is 2.17. The molecular weight excluding hydrogens is 493 g/mol. The Labute approximate surface area is 218 Å². The van der Waals surface area contributed by atoms with E-state index in [1.165, 1.54) is 28.5 Å². The van der Waals surface area contributed by atoms with Gasteiger partial charge in [0.1, 0.15) is 5.82 Å². The van der Waals surface area contributed by atoms with Crippen molar-refractivity contribution in [1.82, 2.24) is 14.9 Å². The van der Waals surface area contributed by atoms with Gasteiger partial charge < -0.3 is 14.8 Å². The van der Waals surface area contributed by atoms with E-state index in [-0.39, 0.29) is 30.2 Å². The standard InChI is InChI=1S/C28H28FN3O4S/c1-35-24-11-10-19(17-25(24)36-2)12-14-30-26(33)13-15-32-27(34)22-8-3-4-9-23(22)31-28(32)37-18-20-6-5-7-21(29)16-20/h3-11,16-17H,12-15,18H2,1-2H3,(H,30,33). The Kier molecular flexibility index (Phi) is 8.79. The van der Waals surface area contributed by atoms with E-state index in [0.717, 1.165) is 11.1 Å². The Morgan fingerprint density at radius 1 is 1.00 bits per heavy atom. The summed E-state index contributed by atoms with van der Waals surface area (Å²) in [7, 11) is 3.16. The topological polar surface area (TPSA) is 82.5 Å². The van der Waals surface area contributed by atoms with E-state index in [1.807, 2.05) is 30.3 Å². The molecule has 37 heavy (non-hydrogen) atoms. The summed E-state index contributed by atoms with van der Waals surface area (Å²) in [6.45, 7) is 0.630. The van der Waals surface area contributed by atoms with Crippen LogP contribution < -0.4 is 20.3 Å². The first kappa shape index (κ1) is 26.2. The van der Waals surface area contributed by atoms with Crippen molar-refractivity contribution >= 4 is 28.6 Å². The lowest BCUT2D eigenvalue weighted by molar-refractivity contribution is -0.121. The van der Waals surface area contributed by atoms with Gasteiger partial charge in [-0.1, -0.05) is 42.1 Å². The number of hydrogen-bond acceptors (Lipinski definition) is 6. The van der Waals surface area contributed by atoms with Gasteiger partial charge in [-0.05, 0) is 53.9 Å². The Morgan fingerprint density at radius 2 is 1.81 bits per heavy atom.